The van der Waals surface area contributed by atoms with E-state index in [1.807, 2.05) is 43.7 Å². The van der Waals surface area contributed by atoms with Crippen LogP contribution in [0.25, 0.3) is 0 Å². The van der Waals surface area contributed by atoms with Crippen molar-refractivity contribution in [1.82, 2.24) is 24.5 Å². The zero-order chi connectivity index (χ0) is 13.8. The van der Waals surface area contributed by atoms with Gasteiger partial charge in [0, 0.05) is 40.1 Å². The maximum atomic E-state index is 4.40. The van der Waals surface area contributed by atoms with Crippen LogP contribution in [-0.2, 0) is 7.05 Å². The highest BCUT2D eigenvalue weighted by molar-refractivity contribution is 7.99. The van der Waals surface area contributed by atoms with Crippen LogP contribution >= 0.6 is 11.8 Å². The number of aryl methyl sites for hydroxylation is 1. The lowest BCUT2D eigenvalue weighted by atomic mass is 10.7. The Bertz CT molecular complexity index is 552. The number of rotatable bonds is 5. The molecule has 8 heteroatoms. The zero-order valence-corrected chi connectivity index (χ0v) is 12.3. The zero-order valence-electron chi connectivity index (χ0n) is 11.5. The lowest BCUT2D eigenvalue weighted by Crippen LogP contribution is -2.15. The molecule has 19 heavy (non-hydrogen) atoms. The maximum absolute atomic E-state index is 4.40. The minimum atomic E-state index is 0.581. The Balaban J connectivity index is 2.31. The van der Waals surface area contributed by atoms with Gasteiger partial charge in [0.15, 0.2) is 5.16 Å². The summed E-state index contributed by atoms with van der Waals surface area (Å²) >= 11 is 1.42. The highest BCUT2D eigenvalue weighted by Gasteiger charge is 2.11. The largest absolute Gasteiger partial charge is 0.354 e. The summed E-state index contributed by atoms with van der Waals surface area (Å²) in [6.45, 7) is 2.77. The number of nitrogens with one attached hydrogen (secondary N) is 1. The highest BCUT2D eigenvalue weighted by atomic mass is 32.2. The Labute approximate surface area is 116 Å². The Hall–Kier alpha value is -1.83. The van der Waals surface area contributed by atoms with Gasteiger partial charge in [-0.15, -0.1) is 0 Å². The molecule has 0 unspecified atom stereocenters. The Morgan fingerprint density at radius 3 is 2.68 bits per heavy atom. The fourth-order valence-corrected chi connectivity index (χ4v) is 2.10. The number of nitrogens with zero attached hydrogens (tertiary/aromatic N) is 6. The first-order valence-corrected chi connectivity index (χ1v) is 6.74. The molecule has 2 heterocycles. The van der Waals surface area contributed by atoms with Crippen LogP contribution in [0.2, 0.25) is 0 Å². The van der Waals surface area contributed by atoms with Crippen LogP contribution in [0.15, 0.2) is 22.7 Å². The van der Waals surface area contributed by atoms with E-state index in [4.69, 9.17) is 0 Å². The monoisotopic (exact) mass is 279 g/mol. The molecule has 7 nitrogen and oxygen atoms in total. The summed E-state index contributed by atoms with van der Waals surface area (Å²) in [6, 6.07) is 0. The summed E-state index contributed by atoms with van der Waals surface area (Å²) in [5, 5.41) is 4.58. The fraction of sp³-hybridized carbons (Fsp3) is 0.455. The first-order valence-electron chi connectivity index (χ1n) is 5.92. The second-order valence-electron chi connectivity index (χ2n) is 4.09. The molecule has 0 aliphatic rings. The predicted molar refractivity (Wildman–Crippen MR) is 75.6 cm³/mol. The van der Waals surface area contributed by atoms with Crippen molar-refractivity contribution in [1.29, 1.82) is 0 Å². The SMILES string of the molecule is CCNc1nc(Sc2nccn2C)nc(N(C)C)n1. The van der Waals surface area contributed by atoms with Gasteiger partial charge in [0.05, 0.1) is 0 Å². The van der Waals surface area contributed by atoms with Crippen molar-refractivity contribution in [3.8, 4) is 0 Å². The number of aromatic nitrogens is 5. The molecule has 102 valence electrons. The van der Waals surface area contributed by atoms with Gasteiger partial charge in [-0.1, -0.05) is 0 Å². The van der Waals surface area contributed by atoms with Crippen molar-refractivity contribution in [3.05, 3.63) is 12.4 Å². The number of imidazole rings is 1. The summed E-state index contributed by atoms with van der Waals surface area (Å²) in [5.74, 6) is 1.21. The van der Waals surface area contributed by atoms with Crippen LogP contribution in [-0.4, -0.2) is 45.1 Å². The van der Waals surface area contributed by atoms with E-state index in [0.29, 0.717) is 17.1 Å². The van der Waals surface area contributed by atoms with Crippen LogP contribution in [0.5, 0.6) is 0 Å². The van der Waals surface area contributed by atoms with Gasteiger partial charge in [-0.05, 0) is 18.7 Å². The van der Waals surface area contributed by atoms with Crippen LogP contribution in [0.1, 0.15) is 6.92 Å². The molecule has 0 aliphatic carbocycles. The van der Waals surface area contributed by atoms with Crippen molar-refractivity contribution in [2.45, 2.75) is 17.2 Å². The van der Waals surface area contributed by atoms with Crippen LogP contribution < -0.4 is 10.2 Å². The van der Waals surface area contributed by atoms with E-state index in [-0.39, 0.29) is 0 Å². The molecule has 2 aromatic heterocycles. The second-order valence-corrected chi connectivity index (χ2v) is 5.02. The molecule has 0 amide bonds. The van der Waals surface area contributed by atoms with E-state index in [2.05, 4.69) is 25.3 Å². The topological polar surface area (TPSA) is 71.8 Å². The summed E-state index contributed by atoms with van der Waals surface area (Å²) in [7, 11) is 5.75. The first kappa shape index (κ1) is 13.6. The molecule has 0 saturated heterocycles. The number of anilines is 2. The van der Waals surface area contributed by atoms with Gasteiger partial charge >= 0.3 is 0 Å². The van der Waals surface area contributed by atoms with E-state index in [9.17, 15) is 0 Å². The van der Waals surface area contributed by atoms with E-state index in [0.717, 1.165) is 11.7 Å². The summed E-state index contributed by atoms with van der Waals surface area (Å²) in [5.41, 5.74) is 0. The third-order valence-corrected chi connectivity index (χ3v) is 3.24. The van der Waals surface area contributed by atoms with Crippen molar-refractivity contribution < 1.29 is 0 Å². The molecule has 1 N–H and O–H groups in total. The maximum Gasteiger partial charge on any atom is 0.230 e. The molecule has 0 spiro atoms. The molecular formula is C11H17N7S. The molecule has 0 aromatic carbocycles. The molecule has 0 saturated carbocycles. The average molecular weight is 279 g/mol. The lowest BCUT2D eigenvalue weighted by molar-refractivity contribution is 0.782. The van der Waals surface area contributed by atoms with Gasteiger partial charge in [-0.3, -0.25) is 0 Å². The van der Waals surface area contributed by atoms with Crippen LogP contribution in [0.4, 0.5) is 11.9 Å². The molecular weight excluding hydrogens is 262 g/mol. The molecule has 0 aliphatic heterocycles. The van der Waals surface area contributed by atoms with E-state index in [1.54, 1.807) is 6.20 Å². The highest BCUT2D eigenvalue weighted by Crippen LogP contribution is 2.24. The van der Waals surface area contributed by atoms with E-state index < -0.39 is 0 Å². The van der Waals surface area contributed by atoms with Crippen LogP contribution in [0, 0.1) is 0 Å². The minimum absolute atomic E-state index is 0.581. The summed E-state index contributed by atoms with van der Waals surface area (Å²) in [4.78, 5) is 19.2. The predicted octanol–water partition coefficient (Wildman–Crippen LogP) is 1.25. The molecule has 2 aromatic rings. The van der Waals surface area contributed by atoms with Crippen molar-refractivity contribution in [2.24, 2.45) is 7.05 Å². The van der Waals surface area contributed by atoms with E-state index in [1.165, 1.54) is 11.8 Å². The third-order valence-electron chi connectivity index (χ3n) is 2.30. The van der Waals surface area contributed by atoms with Gasteiger partial charge in [-0.2, -0.15) is 15.0 Å². The van der Waals surface area contributed by atoms with Gasteiger partial charge < -0.3 is 14.8 Å². The first-order chi connectivity index (χ1) is 9.10. The van der Waals surface area contributed by atoms with Crippen LogP contribution in [0.3, 0.4) is 0 Å². The smallest absolute Gasteiger partial charge is 0.230 e. The minimum Gasteiger partial charge on any atom is -0.354 e. The van der Waals surface area contributed by atoms with Gasteiger partial charge in [0.2, 0.25) is 17.1 Å². The molecule has 0 radical (unpaired) electrons. The summed E-state index contributed by atoms with van der Waals surface area (Å²) in [6.07, 6.45) is 3.64. The third kappa shape index (κ3) is 3.34. The fourth-order valence-electron chi connectivity index (χ4n) is 1.36. The molecule has 0 bridgehead atoms. The Kier molecular flexibility index (Phi) is 4.20. The normalized spacial score (nSPS) is 10.5. The standard InChI is InChI=1S/C11H17N7S/c1-5-12-8-14-9(17(2)3)16-10(15-8)19-11-13-6-7-18(11)4/h6-7H,5H2,1-4H3,(H,12,14,15,16). The van der Waals surface area contributed by atoms with E-state index >= 15 is 0 Å². The van der Waals surface area contributed by atoms with Gasteiger partial charge in [0.1, 0.15) is 0 Å². The van der Waals surface area contributed by atoms with Crippen molar-refractivity contribution in [3.63, 3.8) is 0 Å². The molecule has 0 atom stereocenters. The van der Waals surface area contributed by atoms with Gasteiger partial charge in [0.25, 0.3) is 0 Å². The Morgan fingerprint density at radius 1 is 1.32 bits per heavy atom. The Morgan fingerprint density at radius 2 is 2.11 bits per heavy atom. The second kappa shape index (κ2) is 5.87. The number of hydrogen-bond donors (Lipinski definition) is 1. The molecule has 2 rings (SSSR count). The van der Waals surface area contributed by atoms with Crippen molar-refractivity contribution >= 4 is 23.7 Å². The number of hydrogen-bond acceptors (Lipinski definition) is 7. The quantitative estimate of drug-likeness (QED) is 0.883. The average Bonchev–Trinajstić information content (AvgIpc) is 2.75. The lowest BCUT2D eigenvalue weighted by Gasteiger charge is -2.12. The summed E-state index contributed by atoms with van der Waals surface area (Å²) < 4.78 is 1.93. The molecule has 0 fully saturated rings. The van der Waals surface area contributed by atoms with Crippen molar-refractivity contribution in [2.75, 3.05) is 30.9 Å². The van der Waals surface area contributed by atoms with Gasteiger partial charge in [-0.25, -0.2) is 4.98 Å².